The molecule has 25 heavy (non-hydrogen) atoms. The van der Waals surface area contributed by atoms with E-state index in [1.807, 2.05) is 12.1 Å². The molecule has 2 rings (SSSR count). The van der Waals surface area contributed by atoms with Crippen molar-refractivity contribution >= 4 is 27.4 Å². The smallest absolute Gasteiger partial charge is 0.319 e. The summed E-state index contributed by atoms with van der Waals surface area (Å²) in [6.45, 7) is 0.102. The largest absolute Gasteiger partial charge is 0.336 e. The molecule has 0 aliphatic heterocycles. The fourth-order valence-electron chi connectivity index (χ4n) is 2.22. The standard InChI is InChI=1S/C17H18N4O3S/c1-25(23,24)21(16-10-6-5-7-14(16)13-18)12-11-19-17(22)20-15-8-3-2-4-9-15/h2-10H,11-12H2,1H3,(H2,19,20,22). The second kappa shape index (κ2) is 8.17. The van der Waals surface area contributed by atoms with Crippen LogP contribution in [0.25, 0.3) is 0 Å². The third-order valence-electron chi connectivity index (χ3n) is 3.33. The van der Waals surface area contributed by atoms with Crippen LogP contribution in [0.1, 0.15) is 5.56 Å². The second-order valence-corrected chi connectivity index (χ2v) is 7.12. The highest BCUT2D eigenvalue weighted by Gasteiger charge is 2.20. The van der Waals surface area contributed by atoms with Crippen LogP contribution in [0.3, 0.4) is 0 Å². The predicted molar refractivity (Wildman–Crippen MR) is 96.8 cm³/mol. The van der Waals surface area contributed by atoms with Gasteiger partial charge < -0.3 is 10.6 Å². The lowest BCUT2D eigenvalue weighted by atomic mass is 10.2. The van der Waals surface area contributed by atoms with Crippen molar-refractivity contribution < 1.29 is 13.2 Å². The molecular weight excluding hydrogens is 340 g/mol. The lowest BCUT2D eigenvalue weighted by molar-refractivity contribution is 0.252. The Hall–Kier alpha value is -3.05. The molecule has 7 nitrogen and oxygen atoms in total. The molecule has 2 aromatic rings. The Labute approximate surface area is 146 Å². The fraction of sp³-hybridized carbons (Fsp3) is 0.176. The summed E-state index contributed by atoms with van der Waals surface area (Å²) in [6.07, 6.45) is 1.06. The summed E-state index contributed by atoms with van der Waals surface area (Å²) in [5, 5.41) is 14.4. The van der Waals surface area contributed by atoms with Crippen LogP contribution in [0.4, 0.5) is 16.2 Å². The molecular formula is C17H18N4O3S. The van der Waals surface area contributed by atoms with Crippen LogP contribution in [-0.2, 0) is 10.0 Å². The van der Waals surface area contributed by atoms with Crippen molar-refractivity contribution in [2.45, 2.75) is 0 Å². The molecule has 2 N–H and O–H groups in total. The molecule has 0 radical (unpaired) electrons. The second-order valence-electron chi connectivity index (χ2n) is 5.21. The minimum absolute atomic E-state index is 0.0136. The van der Waals surface area contributed by atoms with Gasteiger partial charge in [-0.2, -0.15) is 5.26 Å². The van der Waals surface area contributed by atoms with E-state index in [1.54, 1.807) is 48.5 Å². The maximum atomic E-state index is 12.1. The van der Waals surface area contributed by atoms with Gasteiger partial charge in [-0.3, -0.25) is 4.31 Å². The Bertz CT molecular complexity index is 876. The van der Waals surface area contributed by atoms with Gasteiger partial charge in [0.1, 0.15) is 6.07 Å². The van der Waals surface area contributed by atoms with Crippen molar-refractivity contribution in [3.05, 3.63) is 60.2 Å². The average molecular weight is 358 g/mol. The number of benzene rings is 2. The molecule has 0 unspecified atom stereocenters. The molecule has 0 saturated carbocycles. The summed E-state index contributed by atoms with van der Waals surface area (Å²) in [7, 11) is -3.60. The van der Waals surface area contributed by atoms with Crippen LogP contribution < -0.4 is 14.9 Å². The Balaban J connectivity index is 2.02. The zero-order valence-electron chi connectivity index (χ0n) is 13.6. The number of hydrogen-bond acceptors (Lipinski definition) is 4. The van der Waals surface area contributed by atoms with E-state index in [1.165, 1.54) is 0 Å². The number of urea groups is 1. The van der Waals surface area contributed by atoms with Crippen LogP contribution in [0.2, 0.25) is 0 Å². The number of rotatable bonds is 6. The first kappa shape index (κ1) is 18.3. The lowest BCUT2D eigenvalue weighted by Crippen LogP contribution is -2.39. The highest BCUT2D eigenvalue weighted by molar-refractivity contribution is 7.92. The number of hydrogen-bond donors (Lipinski definition) is 2. The van der Waals surface area contributed by atoms with Gasteiger partial charge in [0.2, 0.25) is 10.0 Å². The first-order valence-corrected chi connectivity index (χ1v) is 9.33. The molecule has 0 fully saturated rings. The quantitative estimate of drug-likeness (QED) is 0.826. The number of anilines is 2. The van der Waals surface area contributed by atoms with Crippen LogP contribution in [0.5, 0.6) is 0 Å². The van der Waals surface area contributed by atoms with Crippen LogP contribution in [0, 0.1) is 11.3 Å². The summed E-state index contributed by atoms with van der Waals surface area (Å²) in [4.78, 5) is 11.9. The number of sulfonamides is 1. The first-order valence-electron chi connectivity index (χ1n) is 7.48. The third-order valence-corrected chi connectivity index (χ3v) is 4.51. The normalized spacial score (nSPS) is 10.6. The number of nitriles is 1. The van der Waals surface area contributed by atoms with Gasteiger partial charge in [0.15, 0.2) is 0 Å². The summed E-state index contributed by atoms with van der Waals surface area (Å²) in [5.74, 6) is 0. The summed E-state index contributed by atoms with van der Waals surface area (Å²) in [6, 6.07) is 16.9. The number of para-hydroxylation sites is 2. The molecule has 2 amide bonds. The molecule has 0 aliphatic carbocycles. The zero-order chi connectivity index (χ0) is 18.3. The molecule has 0 bridgehead atoms. The molecule has 0 aromatic heterocycles. The molecule has 0 spiro atoms. The molecule has 130 valence electrons. The van der Waals surface area contributed by atoms with E-state index >= 15 is 0 Å². The van der Waals surface area contributed by atoms with E-state index in [2.05, 4.69) is 10.6 Å². The summed E-state index contributed by atoms with van der Waals surface area (Å²) < 4.78 is 25.2. The average Bonchev–Trinajstić information content (AvgIpc) is 2.58. The van der Waals surface area contributed by atoms with Crippen LogP contribution in [-0.4, -0.2) is 33.8 Å². The van der Waals surface area contributed by atoms with Gasteiger partial charge in [0.05, 0.1) is 24.1 Å². The number of amides is 2. The van der Waals surface area contributed by atoms with Gasteiger partial charge in [-0.05, 0) is 24.3 Å². The molecule has 8 heteroatoms. The summed E-state index contributed by atoms with van der Waals surface area (Å²) >= 11 is 0. The lowest BCUT2D eigenvalue weighted by Gasteiger charge is -2.23. The number of carbonyl (C=O) groups is 1. The SMILES string of the molecule is CS(=O)(=O)N(CCNC(=O)Nc1ccccc1)c1ccccc1C#N. The van der Waals surface area contributed by atoms with Gasteiger partial charge in [0.25, 0.3) is 0 Å². The number of nitrogens with zero attached hydrogens (tertiary/aromatic N) is 2. The number of carbonyl (C=O) groups excluding carboxylic acids is 1. The maximum Gasteiger partial charge on any atom is 0.319 e. The number of nitrogens with one attached hydrogen (secondary N) is 2. The maximum absolute atomic E-state index is 12.1. The monoisotopic (exact) mass is 358 g/mol. The molecule has 0 aliphatic rings. The Morgan fingerprint density at radius 1 is 1.12 bits per heavy atom. The van der Waals surface area contributed by atoms with Crippen LogP contribution in [0.15, 0.2) is 54.6 Å². The van der Waals surface area contributed by atoms with Crippen molar-refractivity contribution in [1.82, 2.24) is 5.32 Å². The van der Waals surface area contributed by atoms with E-state index in [0.717, 1.165) is 10.6 Å². The van der Waals surface area contributed by atoms with Gasteiger partial charge in [0, 0.05) is 12.2 Å². The highest BCUT2D eigenvalue weighted by atomic mass is 32.2. The predicted octanol–water partition coefficient (Wildman–Crippen LogP) is 2.15. The van der Waals surface area contributed by atoms with Crippen molar-refractivity contribution in [3.8, 4) is 6.07 Å². The molecule has 0 saturated heterocycles. The third kappa shape index (κ3) is 5.22. The van der Waals surface area contributed by atoms with Crippen molar-refractivity contribution in [3.63, 3.8) is 0 Å². The highest BCUT2D eigenvalue weighted by Crippen LogP contribution is 2.21. The molecule has 2 aromatic carbocycles. The van der Waals surface area contributed by atoms with Crippen molar-refractivity contribution in [1.29, 1.82) is 5.26 Å². The Morgan fingerprint density at radius 3 is 2.40 bits per heavy atom. The Morgan fingerprint density at radius 2 is 1.76 bits per heavy atom. The van der Waals surface area contributed by atoms with Crippen LogP contribution >= 0.6 is 0 Å². The van der Waals surface area contributed by atoms with Gasteiger partial charge in [-0.25, -0.2) is 13.2 Å². The van der Waals surface area contributed by atoms with E-state index in [-0.39, 0.29) is 24.3 Å². The van der Waals surface area contributed by atoms with E-state index in [9.17, 15) is 13.2 Å². The van der Waals surface area contributed by atoms with E-state index < -0.39 is 16.1 Å². The Kier molecular flexibility index (Phi) is 5.98. The minimum Gasteiger partial charge on any atom is -0.336 e. The van der Waals surface area contributed by atoms with Crippen molar-refractivity contribution in [2.24, 2.45) is 0 Å². The summed E-state index contributed by atoms with van der Waals surface area (Å²) in [5.41, 5.74) is 1.18. The van der Waals surface area contributed by atoms with Gasteiger partial charge in [-0.15, -0.1) is 0 Å². The minimum atomic E-state index is -3.60. The van der Waals surface area contributed by atoms with E-state index in [0.29, 0.717) is 5.69 Å². The van der Waals surface area contributed by atoms with Gasteiger partial charge in [-0.1, -0.05) is 30.3 Å². The fourth-order valence-corrected chi connectivity index (χ4v) is 3.16. The van der Waals surface area contributed by atoms with Crippen molar-refractivity contribution in [2.75, 3.05) is 29.0 Å². The molecule has 0 heterocycles. The topological polar surface area (TPSA) is 102 Å². The van der Waals surface area contributed by atoms with Gasteiger partial charge >= 0.3 is 6.03 Å². The first-order chi connectivity index (χ1) is 11.9. The zero-order valence-corrected chi connectivity index (χ0v) is 14.5. The van der Waals surface area contributed by atoms with E-state index in [4.69, 9.17) is 5.26 Å². The molecule has 0 atom stereocenters.